The van der Waals surface area contributed by atoms with Gasteiger partial charge in [0.25, 0.3) is 6.71 Å². The quantitative estimate of drug-likeness (QED) is 0.164. The van der Waals surface area contributed by atoms with Gasteiger partial charge in [0.05, 0.1) is 11.4 Å². The average molecular weight is 971 g/mol. The lowest BCUT2D eigenvalue weighted by molar-refractivity contribution is 0.590. The minimum atomic E-state index is -0.0578. The van der Waals surface area contributed by atoms with Gasteiger partial charge in [-0.15, -0.1) is 0 Å². The van der Waals surface area contributed by atoms with E-state index in [1.807, 2.05) is 0 Å². The summed E-state index contributed by atoms with van der Waals surface area (Å²) in [6.45, 7) is 27.7. The predicted molar refractivity (Wildman–Crippen MR) is 323 cm³/mol. The second-order valence-electron chi connectivity index (χ2n) is 25.2. The van der Waals surface area contributed by atoms with Crippen molar-refractivity contribution in [2.75, 3.05) is 19.4 Å². The van der Waals surface area contributed by atoms with Gasteiger partial charge in [0.1, 0.15) is 0 Å². The van der Waals surface area contributed by atoms with E-state index in [4.69, 9.17) is 0 Å². The summed E-state index contributed by atoms with van der Waals surface area (Å²) in [5.74, 6) is 0. The third-order valence-electron chi connectivity index (χ3n) is 17.3. The summed E-state index contributed by atoms with van der Waals surface area (Å²) in [4.78, 5) is 10.6. The summed E-state index contributed by atoms with van der Waals surface area (Å²) in [7, 11) is 0. The minimum Gasteiger partial charge on any atom is -0.359 e. The van der Waals surface area contributed by atoms with E-state index in [0.29, 0.717) is 0 Å². The fraction of sp³-hybridized carbons (Fsp3) is 0.217. The fourth-order valence-electron chi connectivity index (χ4n) is 13.5. The smallest absolute Gasteiger partial charge is 0.359 e. The first kappa shape index (κ1) is 45.9. The molecule has 14 rings (SSSR count). The average Bonchev–Trinajstić information content (AvgIpc) is 3.79. The fourth-order valence-corrected chi connectivity index (χ4v) is 13.5. The summed E-state index contributed by atoms with van der Waals surface area (Å²) in [6.07, 6.45) is 0. The first-order valence-electron chi connectivity index (χ1n) is 27.2. The van der Waals surface area contributed by atoms with E-state index in [1.54, 1.807) is 0 Å². The molecule has 0 atom stereocenters. The molecule has 5 aliphatic rings. The molecule has 0 radical (unpaired) electrons. The van der Waals surface area contributed by atoms with Crippen LogP contribution in [0, 0.1) is 20.8 Å². The molecule has 0 unspecified atom stereocenters. The molecular weight excluding hydrogens is 906 g/mol. The molecule has 4 nitrogen and oxygen atoms in total. The van der Waals surface area contributed by atoms with Crippen LogP contribution >= 0.6 is 0 Å². The van der Waals surface area contributed by atoms with Crippen LogP contribution in [0.25, 0.3) is 33.4 Å². The minimum absolute atomic E-state index is 0.0157. The van der Waals surface area contributed by atoms with Crippen molar-refractivity contribution >= 4 is 92.4 Å². The van der Waals surface area contributed by atoms with E-state index in [9.17, 15) is 0 Å². The number of aryl methyl sites for hydroxylation is 3. The topological polar surface area (TPSA) is 13.0 Å². The summed E-state index contributed by atoms with van der Waals surface area (Å²) >= 11 is 0. The standard InChI is InChI=1S/C69H64B2N4/c1-41-34-62-66-63(35-41)73(49-31-26-45(27-32-49)67(4,5)6)59-40-61-60(74-56-22-15-13-20-50(56)52-36-47(69(10,11)12)37-53-51-21-14-16-23-57(51)75(61)71(74)65(52)53)39-55(59)70(66)54-33-28-46(68(7,8)9)38-58(54)72(62)48-29-24-44(25-30-48)64-42(2)18-17-19-43(64)3/h13-40H,1-12H3. The Labute approximate surface area is 445 Å². The Bertz CT molecular complexity index is 3870. The molecule has 5 aliphatic heterocycles. The number of para-hydroxylation sites is 2. The molecule has 0 aliphatic carbocycles. The zero-order valence-electron chi connectivity index (χ0n) is 45.6. The largest absolute Gasteiger partial charge is 0.422 e. The Hall–Kier alpha value is -7.69. The van der Waals surface area contributed by atoms with Gasteiger partial charge in [-0.3, -0.25) is 0 Å². The van der Waals surface area contributed by atoms with E-state index in [2.05, 4.69) is 272 Å². The van der Waals surface area contributed by atoms with Gasteiger partial charge in [0.15, 0.2) is 0 Å². The van der Waals surface area contributed by atoms with Crippen molar-refractivity contribution < 1.29 is 0 Å². The van der Waals surface area contributed by atoms with Crippen molar-refractivity contribution in [3.63, 3.8) is 0 Å². The van der Waals surface area contributed by atoms with Crippen LogP contribution in [-0.2, 0) is 16.2 Å². The number of rotatable bonds is 3. The normalized spacial score (nSPS) is 14.5. The van der Waals surface area contributed by atoms with Crippen LogP contribution in [0.15, 0.2) is 170 Å². The number of hydrogen-bond donors (Lipinski definition) is 0. The molecule has 0 saturated heterocycles. The molecule has 0 aromatic heterocycles. The SMILES string of the molecule is Cc1cc2c3c(c1)N(c1ccc(C(C)(C)C)cc1)c1cc4c(cc1B3c1ccc(C(C)(C)C)cc1N2c1ccc(-c2c(C)cccc2C)cc1)N1B2c3c(cc(C(C)(C)C)cc3-c3ccccc3N24)-c2ccccc21. The molecule has 0 spiro atoms. The van der Waals surface area contributed by atoms with Gasteiger partial charge >= 0.3 is 6.98 Å². The Kier molecular flexibility index (Phi) is 9.59. The van der Waals surface area contributed by atoms with Crippen LogP contribution in [0.5, 0.6) is 0 Å². The Morgan fingerprint density at radius 3 is 1.39 bits per heavy atom. The highest BCUT2D eigenvalue weighted by Crippen LogP contribution is 2.58. The van der Waals surface area contributed by atoms with Gasteiger partial charge in [-0.25, -0.2) is 0 Å². The number of fused-ring (bicyclic) bond motifs is 13. The second kappa shape index (κ2) is 15.7. The van der Waals surface area contributed by atoms with Gasteiger partial charge < -0.3 is 19.4 Å². The highest BCUT2D eigenvalue weighted by molar-refractivity contribution is 7.00. The Morgan fingerprint density at radius 2 is 0.840 bits per heavy atom. The molecule has 75 heavy (non-hydrogen) atoms. The van der Waals surface area contributed by atoms with Crippen molar-refractivity contribution in [3.8, 4) is 33.4 Å². The molecule has 9 aromatic carbocycles. The van der Waals surface area contributed by atoms with Gasteiger partial charge in [0.2, 0.25) is 0 Å². The van der Waals surface area contributed by atoms with Crippen molar-refractivity contribution in [1.29, 1.82) is 0 Å². The third kappa shape index (κ3) is 6.63. The first-order chi connectivity index (χ1) is 35.8. The van der Waals surface area contributed by atoms with Crippen molar-refractivity contribution in [1.82, 2.24) is 0 Å². The highest BCUT2D eigenvalue weighted by Gasteiger charge is 2.54. The van der Waals surface area contributed by atoms with Crippen LogP contribution in [0.2, 0.25) is 0 Å². The maximum atomic E-state index is 2.69. The third-order valence-corrected chi connectivity index (χ3v) is 17.3. The molecule has 0 bridgehead atoms. The number of hydrogen-bond acceptors (Lipinski definition) is 4. The lowest BCUT2D eigenvalue weighted by Gasteiger charge is -2.45. The zero-order valence-corrected chi connectivity index (χ0v) is 45.6. The van der Waals surface area contributed by atoms with E-state index >= 15 is 0 Å². The molecule has 5 heterocycles. The highest BCUT2D eigenvalue weighted by atomic mass is 15.3. The summed E-state index contributed by atoms with van der Waals surface area (Å²) in [5.41, 5.74) is 33.2. The van der Waals surface area contributed by atoms with E-state index in [-0.39, 0.29) is 29.9 Å². The van der Waals surface area contributed by atoms with Gasteiger partial charge in [-0.05, 0) is 181 Å². The predicted octanol–water partition coefficient (Wildman–Crippen LogP) is 15.9. The van der Waals surface area contributed by atoms with Gasteiger partial charge in [0, 0.05) is 56.6 Å². The van der Waals surface area contributed by atoms with Crippen LogP contribution in [0.1, 0.15) is 95.7 Å². The van der Waals surface area contributed by atoms with Gasteiger partial charge in [-0.1, -0.05) is 165 Å². The zero-order chi connectivity index (χ0) is 51.8. The Balaban J connectivity index is 1.06. The molecule has 0 amide bonds. The van der Waals surface area contributed by atoms with Crippen molar-refractivity contribution in [2.45, 2.75) is 99.3 Å². The lowest BCUT2D eigenvalue weighted by Crippen LogP contribution is -2.61. The molecule has 9 aromatic rings. The number of anilines is 10. The Morgan fingerprint density at radius 1 is 0.347 bits per heavy atom. The summed E-state index contributed by atoms with van der Waals surface area (Å²) in [6, 6.07) is 66.3. The lowest BCUT2D eigenvalue weighted by atomic mass is 9.33. The maximum absolute atomic E-state index is 2.69. The molecule has 6 heteroatoms. The van der Waals surface area contributed by atoms with Crippen LogP contribution in [-0.4, -0.2) is 13.7 Å². The van der Waals surface area contributed by atoms with E-state index < -0.39 is 0 Å². The van der Waals surface area contributed by atoms with E-state index in [0.717, 1.165) is 11.4 Å². The molecule has 0 N–H and O–H groups in total. The van der Waals surface area contributed by atoms with Crippen LogP contribution in [0.3, 0.4) is 0 Å². The monoisotopic (exact) mass is 971 g/mol. The van der Waals surface area contributed by atoms with Gasteiger partial charge in [-0.2, -0.15) is 0 Å². The number of benzene rings is 9. The molecule has 366 valence electrons. The molecular formula is C69H64B2N4. The molecule has 0 saturated carbocycles. The van der Waals surface area contributed by atoms with Crippen LogP contribution in [0.4, 0.5) is 56.9 Å². The van der Waals surface area contributed by atoms with Crippen molar-refractivity contribution in [3.05, 3.63) is 203 Å². The van der Waals surface area contributed by atoms with Crippen LogP contribution < -0.4 is 41.3 Å². The first-order valence-corrected chi connectivity index (χ1v) is 27.2. The number of nitrogens with zero attached hydrogens (tertiary/aromatic N) is 4. The summed E-state index contributed by atoms with van der Waals surface area (Å²) < 4.78 is 0. The molecule has 0 fully saturated rings. The second-order valence-corrected chi connectivity index (χ2v) is 25.2. The van der Waals surface area contributed by atoms with Crippen molar-refractivity contribution in [2.24, 2.45) is 0 Å². The van der Waals surface area contributed by atoms with E-state index in [1.165, 1.54) is 134 Å². The maximum Gasteiger partial charge on any atom is 0.422 e. The summed E-state index contributed by atoms with van der Waals surface area (Å²) in [5, 5.41) is 0.